The van der Waals surface area contributed by atoms with Gasteiger partial charge in [0.25, 0.3) is 5.91 Å². The summed E-state index contributed by atoms with van der Waals surface area (Å²) in [6.45, 7) is 2.01. The molecule has 1 saturated heterocycles. The van der Waals surface area contributed by atoms with Gasteiger partial charge in [0, 0.05) is 12.6 Å². The van der Waals surface area contributed by atoms with E-state index < -0.39 is 5.97 Å². The molecule has 7 nitrogen and oxygen atoms in total. The first-order valence-corrected chi connectivity index (χ1v) is 12.8. The van der Waals surface area contributed by atoms with Gasteiger partial charge in [-0.3, -0.25) is 9.69 Å². The summed E-state index contributed by atoms with van der Waals surface area (Å²) in [6.07, 6.45) is 1.69. The van der Waals surface area contributed by atoms with Crippen LogP contribution in [-0.2, 0) is 16.1 Å². The Hall–Kier alpha value is -3.82. The standard InChI is InChI=1S/C28H24ClFN2O5S/c1-4-36-27(34)18-9-11-20(12-10-18)31-28-32(2)26(33)24(38-28)15-17-13-21(29)25(23(14-17)35-3)37-16-19-7-5-6-8-22(19)30/h5-15H,4,16H2,1-3H3/b24-15-,31-28?. The first-order chi connectivity index (χ1) is 18.3. The Labute approximate surface area is 228 Å². The Bertz CT molecular complexity index is 1430. The number of benzene rings is 3. The predicted octanol–water partition coefficient (Wildman–Crippen LogP) is 6.48. The second-order valence-corrected chi connectivity index (χ2v) is 9.47. The maximum Gasteiger partial charge on any atom is 0.338 e. The zero-order valence-electron chi connectivity index (χ0n) is 20.9. The van der Waals surface area contributed by atoms with E-state index in [1.807, 2.05) is 0 Å². The van der Waals surface area contributed by atoms with Crippen LogP contribution in [0.25, 0.3) is 6.08 Å². The molecule has 0 saturated carbocycles. The summed E-state index contributed by atoms with van der Waals surface area (Å²) >= 11 is 7.68. The molecule has 3 aromatic rings. The van der Waals surface area contributed by atoms with Crippen LogP contribution in [0.15, 0.2) is 70.6 Å². The molecule has 0 aromatic heterocycles. The first-order valence-electron chi connectivity index (χ1n) is 11.6. The number of ether oxygens (including phenoxy) is 3. The number of hydrogen-bond donors (Lipinski definition) is 0. The maximum absolute atomic E-state index is 14.0. The Kier molecular flexibility index (Phi) is 8.70. The van der Waals surface area contributed by atoms with Crippen molar-refractivity contribution in [3.05, 3.63) is 93.1 Å². The lowest BCUT2D eigenvalue weighted by molar-refractivity contribution is -0.121. The fourth-order valence-corrected chi connectivity index (χ4v) is 4.79. The minimum atomic E-state index is -0.405. The molecule has 0 N–H and O–H groups in total. The summed E-state index contributed by atoms with van der Waals surface area (Å²) in [5.41, 5.74) is 2.01. The Balaban J connectivity index is 1.53. The number of likely N-dealkylation sites (N-methyl/N-ethyl adjacent to an activating group) is 1. The van der Waals surface area contributed by atoms with E-state index in [4.69, 9.17) is 25.8 Å². The third-order valence-electron chi connectivity index (χ3n) is 5.49. The number of thioether (sulfide) groups is 1. The molecule has 0 atom stereocenters. The Morgan fingerprint density at radius 3 is 2.58 bits per heavy atom. The number of amides is 1. The summed E-state index contributed by atoms with van der Waals surface area (Å²) in [5, 5.41) is 0.736. The lowest BCUT2D eigenvalue weighted by atomic mass is 10.1. The summed E-state index contributed by atoms with van der Waals surface area (Å²) in [5.74, 6) is -0.392. The van der Waals surface area contributed by atoms with Crippen molar-refractivity contribution in [2.75, 3.05) is 20.8 Å². The molecule has 0 radical (unpaired) electrons. The van der Waals surface area contributed by atoms with Crippen LogP contribution in [-0.4, -0.2) is 42.7 Å². The summed E-state index contributed by atoms with van der Waals surface area (Å²) in [6, 6.07) is 16.3. The van der Waals surface area contributed by atoms with Gasteiger partial charge in [0.1, 0.15) is 12.4 Å². The molecular weight excluding hydrogens is 531 g/mol. The van der Waals surface area contributed by atoms with Gasteiger partial charge >= 0.3 is 5.97 Å². The van der Waals surface area contributed by atoms with E-state index in [1.54, 1.807) is 74.6 Å². The summed E-state index contributed by atoms with van der Waals surface area (Å²) < 4.78 is 30.2. The highest BCUT2D eigenvalue weighted by Gasteiger charge is 2.30. The minimum absolute atomic E-state index is 0.0249. The molecule has 0 aliphatic carbocycles. The quantitative estimate of drug-likeness (QED) is 0.234. The van der Waals surface area contributed by atoms with E-state index in [-0.39, 0.29) is 29.1 Å². The molecule has 10 heteroatoms. The largest absolute Gasteiger partial charge is 0.493 e. The molecule has 4 rings (SSSR count). The third kappa shape index (κ3) is 6.17. The van der Waals surface area contributed by atoms with Crippen LogP contribution < -0.4 is 9.47 Å². The second kappa shape index (κ2) is 12.1. The van der Waals surface area contributed by atoms with Crippen LogP contribution in [0.2, 0.25) is 5.02 Å². The van der Waals surface area contributed by atoms with Crippen LogP contribution in [0, 0.1) is 5.82 Å². The molecule has 0 spiro atoms. The molecule has 1 amide bonds. The molecule has 0 bridgehead atoms. The highest BCUT2D eigenvalue weighted by atomic mass is 35.5. The number of amidine groups is 1. The van der Waals surface area contributed by atoms with Crippen molar-refractivity contribution in [2.24, 2.45) is 4.99 Å². The number of rotatable bonds is 8. The van der Waals surface area contributed by atoms with Crippen molar-refractivity contribution in [2.45, 2.75) is 13.5 Å². The molecule has 1 fully saturated rings. The van der Waals surface area contributed by atoms with Crippen molar-refractivity contribution >= 4 is 52.2 Å². The van der Waals surface area contributed by atoms with Gasteiger partial charge in [-0.25, -0.2) is 14.2 Å². The van der Waals surface area contributed by atoms with Crippen molar-refractivity contribution < 1.29 is 28.2 Å². The summed E-state index contributed by atoms with van der Waals surface area (Å²) in [4.78, 5) is 31.2. The topological polar surface area (TPSA) is 77.4 Å². The predicted molar refractivity (Wildman–Crippen MR) is 147 cm³/mol. The van der Waals surface area contributed by atoms with Crippen LogP contribution in [0.5, 0.6) is 11.5 Å². The van der Waals surface area contributed by atoms with E-state index in [0.29, 0.717) is 44.8 Å². The normalized spacial score (nSPS) is 15.3. The maximum atomic E-state index is 14.0. The Morgan fingerprint density at radius 1 is 1.16 bits per heavy atom. The van der Waals surface area contributed by atoms with Gasteiger partial charge < -0.3 is 14.2 Å². The van der Waals surface area contributed by atoms with Crippen molar-refractivity contribution in [3.8, 4) is 11.5 Å². The molecule has 3 aromatic carbocycles. The van der Waals surface area contributed by atoms with Gasteiger partial charge in [0.2, 0.25) is 0 Å². The van der Waals surface area contributed by atoms with E-state index in [2.05, 4.69) is 4.99 Å². The van der Waals surface area contributed by atoms with Crippen molar-refractivity contribution in [1.29, 1.82) is 0 Å². The SMILES string of the molecule is CCOC(=O)c1ccc(N=C2S/C(=C\c3cc(Cl)c(OCc4ccccc4F)c(OC)c3)C(=O)N2C)cc1. The fourth-order valence-electron chi connectivity index (χ4n) is 3.53. The Morgan fingerprint density at radius 2 is 1.89 bits per heavy atom. The average molecular weight is 555 g/mol. The number of aliphatic imine (C=N–C) groups is 1. The van der Waals surface area contributed by atoms with Crippen LogP contribution in [0.4, 0.5) is 10.1 Å². The van der Waals surface area contributed by atoms with Crippen LogP contribution >= 0.6 is 23.4 Å². The van der Waals surface area contributed by atoms with E-state index in [1.165, 1.54) is 29.8 Å². The number of carbonyl (C=O) groups excluding carboxylic acids is 2. The molecule has 38 heavy (non-hydrogen) atoms. The monoisotopic (exact) mass is 554 g/mol. The summed E-state index contributed by atoms with van der Waals surface area (Å²) in [7, 11) is 3.11. The highest BCUT2D eigenvalue weighted by molar-refractivity contribution is 8.18. The molecule has 1 heterocycles. The van der Waals surface area contributed by atoms with Crippen LogP contribution in [0.3, 0.4) is 0 Å². The zero-order valence-corrected chi connectivity index (χ0v) is 22.4. The highest BCUT2D eigenvalue weighted by Crippen LogP contribution is 2.39. The fraction of sp³-hybridized carbons (Fsp3) is 0.179. The van der Waals surface area contributed by atoms with Gasteiger partial charge in [-0.2, -0.15) is 0 Å². The lowest BCUT2D eigenvalue weighted by Gasteiger charge is -2.14. The van der Waals surface area contributed by atoms with Gasteiger partial charge in [-0.15, -0.1) is 0 Å². The smallest absolute Gasteiger partial charge is 0.338 e. The van der Waals surface area contributed by atoms with Gasteiger partial charge in [-0.1, -0.05) is 29.8 Å². The molecule has 196 valence electrons. The van der Waals surface area contributed by atoms with Crippen LogP contribution in [0.1, 0.15) is 28.4 Å². The van der Waals surface area contributed by atoms with Crippen molar-refractivity contribution in [3.63, 3.8) is 0 Å². The number of hydrogen-bond acceptors (Lipinski definition) is 7. The third-order valence-corrected chi connectivity index (χ3v) is 6.83. The number of carbonyl (C=O) groups is 2. The number of methoxy groups -OCH3 is 1. The molecular formula is C28H24ClFN2O5S. The molecule has 1 aliphatic heterocycles. The molecule has 0 unspecified atom stereocenters. The van der Waals surface area contributed by atoms with E-state index >= 15 is 0 Å². The second-order valence-electron chi connectivity index (χ2n) is 8.05. The van der Waals surface area contributed by atoms with Gasteiger partial charge in [-0.05, 0) is 72.8 Å². The van der Waals surface area contributed by atoms with E-state index in [9.17, 15) is 14.0 Å². The first kappa shape index (κ1) is 27.2. The number of nitrogens with zero attached hydrogens (tertiary/aromatic N) is 2. The zero-order chi connectivity index (χ0) is 27.2. The van der Waals surface area contributed by atoms with Gasteiger partial charge in [0.05, 0.1) is 34.9 Å². The van der Waals surface area contributed by atoms with E-state index in [0.717, 1.165) is 0 Å². The molecule has 1 aliphatic rings. The average Bonchev–Trinajstić information content (AvgIpc) is 3.16. The minimum Gasteiger partial charge on any atom is -0.493 e. The van der Waals surface area contributed by atoms with Gasteiger partial charge in [0.15, 0.2) is 16.7 Å². The number of halogens is 2. The number of esters is 1. The van der Waals surface area contributed by atoms with Crippen molar-refractivity contribution in [1.82, 2.24) is 4.90 Å². The lowest BCUT2D eigenvalue weighted by Crippen LogP contribution is -2.23.